The first-order valence-electron chi connectivity index (χ1n) is 7.30. The maximum absolute atomic E-state index is 12.0. The molecule has 1 heterocycles. The number of nitrogens with zero attached hydrogens (tertiary/aromatic N) is 4. The molecule has 1 aromatic heterocycles. The number of carbonyl (C=O) groups excluding carboxylic acids is 2. The van der Waals surface area contributed by atoms with Crippen LogP contribution in [0.2, 0.25) is 0 Å². The Bertz CT molecular complexity index is 678. The monoisotopic (exact) mass is 313 g/mol. The Kier molecular flexibility index (Phi) is 5.10. The smallest absolute Gasteiger partial charge is 0.251 e. The minimum Gasteiger partial charge on any atom is -0.352 e. The molecule has 120 valence electrons. The average molecular weight is 313 g/mol. The summed E-state index contributed by atoms with van der Waals surface area (Å²) in [5.41, 5.74) is 0.850. The standard InChI is InChI=1S/C16H19N5O2/c1-16(2,3)13(22)8-9-17-15(23)12-6-4-11(5-7-12)14-20-18-10-19-21-14/h4-7,10H,8-9H2,1-3H3,(H,17,23). The van der Waals surface area contributed by atoms with Gasteiger partial charge in [0.05, 0.1) is 0 Å². The molecule has 0 unspecified atom stereocenters. The molecule has 2 rings (SSSR count). The van der Waals surface area contributed by atoms with Gasteiger partial charge in [-0.2, -0.15) is 0 Å². The second-order valence-electron chi connectivity index (χ2n) is 6.13. The molecule has 0 radical (unpaired) electrons. The molecule has 0 aliphatic rings. The normalized spacial score (nSPS) is 11.1. The van der Waals surface area contributed by atoms with Crippen molar-refractivity contribution in [3.05, 3.63) is 36.2 Å². The highest BCUT2D eigenvalue weighted by Gasteiger charge is 2.20. The van der Waals surface area contributed by atoms with Gasteiger partial charge in [-0.25, -0.2) is 0 Å². The zero-order valence-electron chi connectivity index (χ0n) is 13.4. The Morgan fingerprint density at radius 3 is 2.22 bits per heavy atom. The molecule has 7 heteroatoms. The number of amides is 1. The van der Waals surface area contributed by atoms with E-state index in [9.17, 15) is 9.59 Å². The quantitative estimate of drug-likeness (QED) is 0.901. The maximum atomic E-state index is 12.0. The lowest BCUT2D eigenvalue weighted by Gasteiger charge is -2.16. The number of benzene rings is 1. The fraction of sp³-hybridized carbons (Fsp3) is 0.375. The van der Waals surface area contributed by atoms with Crippen LogP contribution in [0, 0.1) is 5.41 Å². The summed E-state index contributed by atoms with van der Waals surface area (Å²) in [6.07, 6.45) is 1.58. The van der Waals surface area contributed by atoms with Crippen molar-refractivity contribution < 1.29 is 9.59 Å². The van der Waals surface area contributed by atoms with E-state index in [0.717, 1.165) is 5.56 Å². The van der Waals surface area contributed by atoms with Crippen LogP contribution in [0.3, 0.4) is 0 Å². The third-order valence-electron chi connectivity index (χ3n) is 3.29. The van der Waals surface area contributed by atoms with Gasteiger partial charge in [0.15, 0.2) is 6.33 Å². The summed E-state index contributed by atoms with van der Waals surface area (Å²) >= 11 is 0. The molecule has 0 bridgehead atoms. The first-order valence-corrected chi connectivity index (χ1v) is 7.30. The number of carbonyl (C=O) groups is 2. The third kappa shape index (κ3) is 4.64. The van der Waals surface area contributed by atoms with Crippen molar-refractivity contribution in [2.24, 2.45) is 5.41 Å². The van der Waals surface area contributed by atoms with Crippen LogP contribution in [0.4, 0.5) is 0 Å². The van der Waals surface area contributed by atoms with Gasteiger partial charge in [0.1, 0.15) is 5.78 Å². The lowest BCUT2D eigenvalue weighted by molar-refractivity contribution is -0.126. The van der Waals surface area contributed by atoms with Gasteiger partial charge in [-0.1, -0.05) is 32.9 Å². The Morgan fingerprint density at radius 1 is 1.04 bits per heavy atom. The molecule has 2 aromatic rings. The third-order valence-corrected chi connectivity index (χ3v) is 3.29. The van der Waals surface area contributed by atoms with Gasteiger partial charge >= 0.3 is 0 Å². The molecular weight excluding hydrogens is 294 g/mol. The number of nitrogens with one attached hydrogen (secondary N) is 1. The van der Waals surface area contributed by atoms with Gasteiger partial charge in [0.25, 0.3) is 5.91 Å². The van der Waals surface area contributed by atoms with Gasteiger partial charge in [-0.3, -0.25) is 9.59 Å². The second kappa shape index (κ2) is 7.04. The highest BCUT2D eigenvalue weighted by molar-refractivity contribution is 5.95. The van der Waals surface area contributed by atoms with E-state index < -0.39 is 0 Å². The van der Waals surface area contributed by atoms with Gasteiger partial charge in [0, 0.05) is 29.5 Å². The van der Waals surface area contributed by atoms with E-state index in [4.69, 9.17) is 0 Å². The van der Waals surface area contributed by atoms with Gasteiger partial charge < -0.3 is 5.32 Å². The van der Waals surface area contributed by atoms with Crippen LogP contribution in [-0.2, 0) is 4.79 Å². The molecule has 1 amide bonds. The second-order valence-corrected chi connectivity index (χ2v) is 6.13. The summed E-state index contributed by atoms with van der Waals surface area (Å²) in [5, 5.41) is 17.8. The molecule has 0 saturated carbocycles. The minimum atomic E-state index is -0.385. The van der Waals surface area contributed by atoms with Crippen LogP contribution in [0.25, 0.3) is 11.4 Å². The lowest BCUT2D eigenvalue weighted by Crippen LogP contribution is -2.29. The van der Waals surface area contributed by atoms with Crippen molar-refractivity contribution in [2.75, 3.05) is 6.54 Å². The molecule has 23 heavy (non-hydrogen) atoms. The number of Topliss-reactive ketones (excluding diaryl/α,β-unsaturated/α-hetero) is 1. The number of rotatable bonds is 5. The first-order chi connectivity index (χ1) is 10.9. The Labute approximate surface area is 134 Å². The summed E-state index contributed by atoms with van der Waals surface area (Å²) in [6.45, 7) is 5.92. The van der Waals surface area contributed by atoms with Crippen LogP contribution in [0.15, 0.2) is 30.6 Å². The van der Waals surface area contributed by atoms with Crippen LogP contribution in [-0.4, -0.2) is 38.6 Å². The first kappa shape index (κ1) is 16.7. The molecule has 1 aromatic carbocycles. The average Bonchev–Trinajstić information content (AvgIpc) is 2.54. The van der Waals surface area contributed by atoms with Crippen molar-refractivity contribution >= 4 is 11.7 Å². The SMILES string of the molecule is CC(C)(C)C(=O)CCNC(=O)c1ccc(-c2nncnn2)cc1. The van der Waals surface area contributed by atoms with E-state index >= 15 is 0 Å². The molecule has 0 atom stereocenters. The van der Waals surface area contributed by atoms with Crippen molar-refractivity contribution in [3.8, 4) is 11.4 Å². The summed E-state index contributed by atoms with van der Waals surface area (Å²) in [6, 6.07) is 6.81. The Balaban J connectivity index is 1.92. The molecule has 0 aliphatic heterocycles. The highest BCUT2D eigenvalue weighted by atomic mass is 16.2. The van der Waals surface area contributed by atoms with Crippen LogP contribution >= 0.6 is 0 Å². The van der Waals surface area contributed by atoms with Crippen molar-refractivity contribution in [3.63, 3.8) is 0 Å². The van der Waals surface area contributed by atoms with E-state index in [1.54, 1.807) is 24.3 Å². The number of aromatic nitrogens is 4. The van der Waals surface area contributed by atoms with Crippen LogP contribution in [0.1, 0.15) is 37.6 Å². The summed E-state index contributed by atoms with van der Waals surface area (Å²) in [7, 11) is 0. The highest BCUT2D eigenvalue weighted by Crippen LogP contribution is 2.16. The van der Waals surface area contributed by atoms with Crippen molar-refractivity contribution in [1.82, 2.24) is 25.7 Å². The number of ketones is 1. The summed E-state index contributed by atoms with van der Waals surface area (Å²) < 4.78 is 0. The predicted octanol–water partition coefficient (Wildman–Crippen LogP) is 1.67. The zero-order chi connectivity index (χ0) is 16.9. The van der Waals surface area contributed by atoms with E-state index in [-0.39, 0.29) is 17.1 Å². The lowest BCUT2D eigenvalue weighted by atomic mass is 9.89. The summed E-state index contributed by atoms with van der Waals surface area (Å²) in [4.78, 5) is 23.9. The molecule has 0 spiro atoms. The van der Waals surface area contributed by atoms with E-state index in [0.29, 0.717) is 24.4 Å². The maximum Gasteiger partial charge on any atom is 0.251 e. The summed E-state index contributed by atoms with van der Waals surface area (Å²) in [5.74, 6) is 0.299. The molecule has 1 N–H and O–H groups in total. The van der Waals surface area contributed by atoms with Crippen molar-refractivity contribution in [1.29, 1.82) is 0 Å². The molecule has 7 nitrogen and oxygen atoms in total. The van der Waals surface area contributed by atoms with Gasteiger partial charge in [-0.05, 0) is 12.1 Å². The van der Waals surface area contributed by atoms with Crippen LogP contribution in [0.5, 0.6) is 0 Å². The van der Waals surface area contributed by atoms with Gasteiger partial charge in [-0.15, -0.1) is 20.4 Å². The minimum absolute atomic E-state index is 0.120. The Hall–Kier alpha value is -2.70. The molecule has 0 saturated heterocycles. The van der Waals surface area contributed by atoms with E-state index in [2.05, 4.69) is 25.7 Å². The number of hydrogen-bond acceptors (Lipinski definition) is 6. The van der Waals surface area contributed by atoms with Gasteiger partial charge in [0.2, 0.25) is 5.82 Å². The largest absolute Gasteiger partial charge is 0.352 e. The van der Waals surface area contributed by atoms with Crippen LogP contribution < -0.4 is 5.32 Å². The fourth-order valence-corrected chi connectivity index (χ4v) is 1.86. The fourth-order valence-electron chi connectivity index (χ4n) is 1.86. The van der Waals surface area contributed by atoms with E-state index in [1.165, 1.54) is 6.33 Å². The molecule has 0 aliphatic carbocycles. The number of hydrogen-bond donors (Lipinski definition) is 1. The molecular formula is C16H19N5O2. The zero-order valence-corrected chi connectivity index (χ0v) is 13.4. The van der Waals surface area contributed by atoms with Crippen molar-refractivity contribution in [2.45, 2.75) is 27.2 Å². The topological polar surface area (TPSA) is 97.7 Å². The van der Waals surface area contributed by atoms with E-state index in [1.807, 2.05) is 20.8 Å². The molecule has 0 fully saturated rings. The predicted molar refractivity (Wildman–Crippen MR) is 84.5 cm³/mol. The Morgan fingerprint density at radius 2 is 1.65 bits per heavy atom.